The van der Waals surface area contributed by atoms with E-state index in [9.17, 15) is 8.78 Å². The van der Waals surface area contributed by atoms with Crippen LogP contribution in [0.15, 0.2) is 36.7 Å². The Morgan fingerprint density at radius 2 is 2.03 bits per heavy atom. The third kappa shape index (κ3) is 4.39. The van der Waals surface area contributed by atoms with E-state index in [0.717, 1.165) is 29.9 Å². The number of fused-ring (bicyclic) bond motifs is 1. The second-order valence-electron chi connectivity index (χ2n) is 8.27. The minimum atomic E-state index is -0.990. The van der Waals surface area contributed by atoms with Crippen molar-refractivity contribution in [1.29, 1.82) is 0 Å². The first-order valence-corrected chi connectivity index (χ1v) is 10.9. The molecule has 33 heavy (non-hydrogen) atoms. The molecule has 1 atom stereocenters. The summed E-state index contributed by atoms with van der Waals surface area (Å²) < 4.78 is 38.8. The number of ether oxygens (including phenoxy) is 2. The lowest BCUT2D eigenvalue weighted by molar-refractivity contribution is 0.0961. The molecule has 4 heterocycles. The number of anilines is 2. The van der Waals surface area contributed by atoms with E-state index in [-0.39, 0.29) is 11.8 Å². The lowest BCUT2D eigenvalue weighted by atomic mass is 9.91. The third-order valence-corrected chi connectivity index (χ3v) is 6.05. The Balaban J connectivity index is 1.39. The Bertz CT molecular complexity index is 1200. The molecular formula is C24H23F2N5O2. The van der Waals surface area contributed by atoms with Crippen LogP contribution in [0.3, 0.4) is 0 Å². The van der Waals surface area contributed by atoms with Crippen molar-refractivity contribution in [3.05, 3.63) is 48.3 Å². The number of benzene rings is 1. The fourth-order valence-corrected chi connectivity index (χ4v) is 4.18. The Hall–Kier alpha value is -3.51. The van der Waals surface area contributed by atoms with E-state index < -0.39 is 17.2 Å². The standard InChI is InChI=1S/C24H23F2N5O2/c1-2-24(33-21-4-3-16(25)13-18(21)26)7-10-31(11-8-24)23-22(28-17-6-12-32-15-17)29-20-14-27-9-5-19(20)30-23/h1,3-5,9,13-14,17H,6-8,10-12,15H2,(H,28,29)/t17-/m1/s1. The average Bonchev–Trinajstić information content (AvgIpc) is 3.34. The highest BCUT2D eigenvalue weighted by atomic mass is 19.1. The van der Waals surface area contributed by atoms with Gasteiger partial charge >= 0.3 is 0 Å². The van der Waals surface area contributed by atoms with Crippen LogP contribution in [0, 0.1) is 24.0 Å². The van der Waals surface area contributed by atoms with Crippen molar-refractivity contribution in [3.8, 4) is 18.1 Å². The number of aromatic nitrogens is 3. The molecule has 5 rings (SSSR count). The van der Waals surface area contributed by atoms with E-state index in [1.54, 1.807) is 12.4 Å². The molecule has 1 N–H and O–H groups in total. The zero-order valence-corrected chi connectivity index (χ0v) is 17.9. The lowest BCUT2D eigenvalue weighted by Gasteiger charge is -2.39. The first kappa shape index (κ1) is 21.3. The van der Waals surface area contributed by atoms with Gasteiger partial charge in [-0.15, -0.1) is 6.42 Å². The van der Waals surface area contributed by atoms with Crippen LogP contribution < -0.4 is 15.0 Å². The molecule has 2 aromatic heterocycles. The van der Waals surface area contributed by atoms with Crippen LogP contribution in [0.5, 0.6) is 5.75 Å². The van der Waals surface area contributed by atoms with E-state index in [2.05, 4.69) is 21.1 Å². The number of pyridine rings is 1. The van der Waals surface area contributed by atoms with E-state index in [4.69, 9.17) is 25.9 Å². The molecule has 3 aromatic rings. The van der Waals surface area contributed by atoms with Crippen LogP contribution in [0.2, 0.25) is 0 Å². The molecule has 2 aliphatic heterocycles. The summed E-state index contributed by atoms with van der Waals surface area (Å²) in [7, 11) is 0. The maximum atomic E-state index is 14.2. The third-order valence-electron chi connectivity index (χ3n) is 6.05. The number of nitrogens with one attached hydrogen (secondary N) is 1. The molecule has 0 amide bonds. The van der Waals surface area contributed by atoms with Crippen molar-refractivity contribution in [2.75, 3.05) is 36.5 Å². The highest BCUT2D eigenvalue weighted by Crippen LogP contribution is 2.34. The number of nitrogens with zero attached hydrogens (tertiary/aromatic N) is 4. The molecule has 0 radical (unpaired) electrons. The summed E-state index contributed by atoms with van der Waals surface area (Å²) in [6, 6.07) is 5.20. The highest BCUT2D eigenvalue weighted by molar-refractivity contribution is 5.80. The number of halogens is 2. The minimum absolute atomic E-state index is 0.0515. The Labute approximate surface area is 190 Å². The fraction of sp³-hybridized carbons (Fsp3) is 0.375. The highest BCUT2D eigenvalue weighted by Gasteiger charge is 2.37. The molecule has 2 aliphatic rings. The largest absolute Gasteiger partial charge is 0.471 e. The average molecular weight is 451 g/mol. The van der Waals surface area contributed by atoms with E-state index in [0.29, 0.717) is 50.5 Å². The van der Waals surface area contributed by atoms with Gasteiger partial charge in [0.05, 0.1) is 24.4 Å². The van der Waals surface area contributed by atoms with Crippen LogP contribution in [-0.4, -0.2) is 52.9 Å². The number of piperidine rings is 1. The minimum Gasteiger partial charge on any atom is -0.471 e. The summed E-state index contributed by atoms with van der Waals surface area (Å²) in [6.45, 7) is 2.40. The van der Waals surface area contributed by atoms with Gasteiger partial charge in [0.25, 0.3) is 0 Å². The fourth-order valence-electron chi connectivity index (χ4n) is 4.18. The summed E-state index contributed by atoms with van der Waals surface area (Å²) in [5.74, 6) is 2.60. The van der Waals surface area contributed by atoms with Crippen molar-refractivity contribution in [2.45, 2.75) is 30.9 Å². The molecule has 170 valence electrons. The number of rotatable bonds is 5. The van der Waals surface area contributed by atoms with Crippen molar-refractivity contribution in [1.82, 2.24) is 15.0 Å². The van der Waals surface area contributed by atoms with Gasteiger partial charge in [-0.2, -0.15) is 0 Å². The van der Waals surface area contributed by atoms with Gasteiger partial charge in [0, 0.05) is 44.8 Å². The summed E-state index contributed by atoms with van der Waals surface area (Å²) in [6.07, 6.45) is 11.0. The molecule has 9 heteroatoms. The smallest absolute Gasteiger partial charge is 0.172 e. The van der Waals surface area contributed by atoms with Crippen LogP contribution in [0.25, 0.3) is 11.0 Å². The van der Waals surface area contributed by atoms with Gasteiger partial charge in [0.15, 0.2) is 28.8 Å². The molecule has 0 saturated carbocycles. The first-order chi connectivity index (χ1) is 16.0. The molecular weight excluding hydrogens is 428 g/mol. The molecule has 2 saturated heterocycles. The van der Waals surface area contributed by atoms with Crippen molar-refractivity contribution in [2.24, 2.45) is 0 Å². The molecule has 1 aromatic carbocycles. The van der Waals surface area contributed by atoms with E-state index >= 15 is 0 Å². The Kier molecular flexibility index (Phi) is 5.68. The molecule has 0 aliphatic carbocycles. The summed E-state index contributed by atoms with van der Waals surface area (Å²) in [5.41, 5.74) is 0.454. The molecule has 0 bridgehead atoms. The van der Waals surface area contributed by atoms with Gasteiger partial charge in [-0.25, -0.2) is 18.7 Å². The normalized spacial score (nSPS) is 19.9. The van der Waals surface area contributed by atoms with Crippen LogP contribution in [-0.2, 0) is 4.74 Å². The number of hydrogen-bond donors (Lipinski definition) is 1. The Morgan fingerprint density at radius 3 is 2.76 bits per heavy atom. The second-order valence-corrected chi connectivity index (χ2v) is 8.27. The lowest BCUT2D eigenvalue weighted by Crippen LogP contribution is -2.48. The number of terminal acetylenes is 1. The summed E-state index contributed by atoms with van der Waals surface area (Å²) in [4.78, 5) is 15.9. The van der Waals surface area contributed by atoms with Crippen LogP contribution >= 0.6 is 0 Å². The predicted molar refractivity (Wildman–Crippen MR) is 120 cm³/mol. The maximum absolute atomic E-state index is 14.2. The Morgan fingerprint density at radius 1 is 1.18 bits per heavy atom. The zero-order chi connectivity index (χ0) is 22.8. The molecule has 0 unspecified atom stereocenters. The second kappa shape index (κ2) is 8.79. The van der Waals surface area contributed by atoms with Crippen molar-refractivity contribution >= 4 is 22.7 Å². The monoisotopic (exact) mass is 451 g/mol. The van der Waals surface area contributed by atoms with E-state index in [1.165, 1.54) is 6.07 Å². The van der Waals surface area contributed by atoms with Crippen LogP contribution in [0.1, 0.15) is 19.3 Å². The topological polar surface area (TPSA) is 72.4 Å². The maximum Gasteiger partial charge on any atom is 0.172 e. The van der Waals surface area contributed by atoms with Gasteiger partial charge in [0.1, 0.15) is 11.3 Å². The molecule has 0 spiro atoms. The first-order valence-electron chi connectivity index (χ1n) is 10.9. The SMILES string of the molecule is C#CC1(Oc2ccc(F)cc2F)CCN(c2nc3ccncc3nc2N[C@@H]2CCOC2)CC1. The van der Waals surface area contributed by atoms with Crippen molar-refractivity contribution < 1.29 is 18.3 Å². The molecule has 2 fully saturated rings. The predicted octanol–water partition coefficient (Wildman–Crippen LogP) is 3.56. The van der Waals surface area contributed by atoms with Gasteiger partial charge in [-0.05, 0) is 24.6 Å². The summed E-state index contributed by atoms with van der Waals surface area (Å²) in [5, 5.41) is 3.46. The summed E-state index contributed by atoms with van der Waals surface area (Å²) >= 11 is 0. The number of hydrogen-bond acceptors (Lipinski definition) is 7. The molecule has 7 nitrogen and oxygen atoms in total. The van der Waals surface area contributed by atoms with Gasteiger partial charge in [-0.1, -0.05) is 5.92 Å². The van der Waals surface area contributed by atoms with Gasteiger partial charge < -0.3 is 19.7 Å². The quantitative estimate of drug-likeness (QED) is 0.595. The van der Waals surface area contributed by atoms with Gasteiger partial charge in [-0.3, -0.25) is 4.98 Å². The zero-order valence-electron chi connectivity index (χ0n) is 17.9. The van der Waals surface area contributed by atoms with Gasteiger partial charge in [0.2, 0.25) is 0 Å². The van der Waals surface area contributed by atoms with Crippen LogP contribution in [0.4, 0.5) is 20.4 Å². The van der Waals surface area contributed by atoms with E-state index in [1.807, 2.05) is 6.07 Å². The van der Waals surface area contributed by atoms with Crippen molar-refractivity contribution in [3.63, 3.8) is 0 Å².